The summed E-state index contributed by atoms with van der Waals surface area (Å²) in [4.78, 5) is 20.2. The van der Waals surface area contributed by atoms with Gasteiger partial charge in [-0.25, -0.2) is 0 Å². The Morgan fingerprint density at radius 2 is 2.09 bits per heavy atom. The van der Waals surface area contributed by atoms with Gasteiger partial charge in [-0.05, 0) is 64.1 Å². The van der Waals surface area contributed by atoms with Gasteiger partial charge in [-0.3, -0.25) is 9.69 Å². The van der Waals surface area contributed by atoms with Gasteiger partial charge in [0.05, 0.1) is 6.54 Å². The molecule has 1 amide bonds. The zero-order valence-electron chi connectivity index (χ0n) is 13.9. The molecule has 2 aliphatic heterocycles. The van der Waals surface area contributed by atoms with Gasteiger partial charge in [-0.1, -0.05) is 6.92 Å². The number of hydrogen-bond donors (Lipinski definition) is 0. The minimum absolute atomic E-state index is 0.353. The minimum atomic E-state index is 0.353. The van der Waals surface area contributed by atoms with Gasteiger partial charge in [0.15, 0.2) is 0 Å². The van der Waals surface area contributed by atoms with E-state index in [1.807, 2.05) is 11.3 Å². The molecule has 3 nitrogen and oxygen atoms in total. The van der Waals surface area contributed by atoms with Crippen molar-refractivity contribution in [2.24, 2.45) is 0 Å². The zero-order chi connectivity index (χ0) is 15.5. The first kappa shape index (κ1) is 16.0. The summed E-state index contributed by atoms with van der Waals surface area (Å²) in [7, 11) is 0. The summed E-state index contributed by atoms with van der Waals surface area (Å²) in [6.45, 7) is 7.02. The summed E-state index contributed by atoms with van der Waals surface area (Å²) in [5.41, 5.74) is 0. The molecule has 2 fully saturated rings. The summed E-state index contributed by atoms with van der Waals surface area (Å²) < 4.78 is 0. The summed E-state index contributed by atoms with van der Waals surface area (Å²) in [6, 6.07) is 5.40. The quantitative estimate of drug-likeness (QED) is 0.837. The fourth-order valence-corrected chi connectivity index (χ4v) is 5.03. The highest BCUT2D eigenvalue weighted by Crippen LogP contribution is 2.35. The third-order valence-electron chi connectivity index (χ3n) is 5.21. The predicted octanol–water partition coefficient (Wildman–Crippen LogP) is 3.98. The van der Waals surface area contributed by atoms with Crippen LogP contribution in [0.5, 0.6) is 0 Å². The SMILES string of the molecule is CCC1CCCCN1C(=O)CN1CCCC1c1ccc(C)s1. The molecular weight excluding hydrogens is 292 g/mol. The molecular formula is C18H28N2OS. The number of aryl methyl sites for hydroxylation is 1. The van der Waals surface area contributed by atoms with Crippen molar-refractivity contribution in [2.75, 3.05) is 19.6 Å². The first-order chi connectivity index (χ1) is 10.7. The predicted molar refractivity (Wildman–Crippen MR) is 92.2 cm³/mol. The van der Waals surface area contributed by atoms with Crippen LogP contribution in [0.2, 0.25) is 0 Å². The molecule has 0 radical (unpaired) electrons. The molecule has 2 aliphatic rings. The van der Waals surface area contributed by atoms with Gasteiger partial charge in [0, 0.05) is 28.4 Å². The maximum absolute atomic E-state index is 12.8. The van der Waals surface area contributed by atoms with E-state index in [0.717, 1.165) is 19.5 Å². The Bertz CT molecular complexity index is 513. The highest BCUT2D eigenvalue weighted by Gasteiger charge is 2.32. The Labute approximate surface area is 138 Å². The van der Waals surface area contributed by atoms with E-state index in [1.165, 1.54) is 41.9 Å². The van der Waals surface area contributed by atoms with Crippen LogP contribution in [0, 0.1) is 6.92 Å². The fourth-order valence-electron chi connectivity index (χ4n) is 3.99. The number of piperidine rings is 1. The normalized spacial score (nSPS) is 26.5. The van der Waals surface area contributed by atoms with E-state index in [9.17, 15) is 4.79 Å². The van der Waals surface area contributed by atoms with Gasteiger partial charge in [0.25, 0.3) is 0 Å². The molecule has 0 spiro atoms. The molecule has 3 rings (SSSR count). The highest BCUT2D eigenvalue weighted by molar-refractivity contribution is 7.12. The van der Waals surface area contributed by atoms with Gasteiger partial charge in [0.2, 0.25) is 5.91 Å². The third kappa shape index (κ3) is 3.38. The number of thiophene rings is 1. The van der Waals surface area contributed by atoms with E-state index in [2.05, 4.69) is 35.8 Å². The second-order valence-corrected chi connectivity index (χ2v) is 8.04. The number of amides is 1. The van der Waals surface area contributed by atoms with Crippen LogP contribution in [0.4, 0.5) is 0 Å². The van der Waals surface area contributed by atoms with E-state index in [4.69, 9.17) is 0 Å². The zero-order valence-corrected chi connectivity index (χ0v) is 14.7. The first-order valence-electron chi connectivity index (χ1n) is 8.79. The van der Waals surface area contributed by atoms with Crippen molar-refractivity contribution in [3.05, 3.63) is 21.9 Å². The smallest absolute Gasteiger partial charge is 0.237 e. The minimum Gasteiger partial charge on any atom is -0.339 e. The number of hydrogen-bond acceptors (Lipinski definition) is 3. The molecule has 4 heteroatoms. The maximum Gasteiger partial charge on any atom is 0.237 e. The summed E-state index contributed by atoms with van der Waals surface area (Å²) in [6.07, 6.45) is 7.16. The largest absolute Gasteiger partial charge is 0.339 e. The lowest BCUT2D eigenvalue weighted by Crippen LogP contribution is -2.47. The average molecular weight is 321 g/mol. The topological polar surface area (TPSA) is 23.6 Å². The van der Waals surface area contributed by atoms with Crippen molar-refractivity contribution in [1.29, 1.82) is 0 Å². The second kappa shape index (κ2) is 7.14. The van der Waals surface area contributed by atoms with Gasteiger partial charge in [0.1, 0.15) is 0 Å². The van der Waals surface area contributed by atoms with Crippen LogP contribution in [0.25, 0.3) is 0 Å². The van der Waals surface area contributed by atoms with Crippen molar-refractivity contribution < 1.29 is 4.79 Å². The molecule has 1 aromatic heterocycles. The lowest BCUT2D eigenvalue weighted by atomic mass is 10.00. The summed E-state index contributed by atoms with van der Waals surface area (Å²) in [5.74, 6) is 0.353. The van der Waals surface area contributed by atoms with Gasteiger partial charge >= 0.3 is 0 Å². The number of carbonyl (C=O) groups excluding carboxylic acids is 1. The molecule has 0 aliphatic carbocycles. The molecule has 22 heavy (non-hydrogen) atoms. The average Bonchev–Trinajstić information content (AvgIpc) is 3.15. The van der Waals surface area contributed by atoms with Gasteiger partial charge < -0.3 is 4.90 Å². The van der Waals surface area contributed by atoms with E-state index >= 15 is 0 Å². The lowest BCUT2D eigenvalue weighted by molar-refractivity contribution is -0.136. The van der Waals surface area contributed by atoms with Crippen molar-refractivity contribution in [3.63, 3.8) is 0 Å². The van der Waals surface area contributed by atoms with Crippen LogP contribution in [-0.4, -0.2) is 41.4 Å². The standard InChI is InChI=1S/C18H28N2OS/c1-3-15-7-4-5-12-20(15)18(21)13-19-11-6-8-16(19)17-10-9-14(2)22-17/h9-10,15-16H,3-8,11-13H2,1-2H3. The van der Waals surface area contributed by atoms with Crippen LogP contribution in [0.15, 0.2) is 12.1 Å². The Morgan fingerprint density at radius 3 is 2.82 bits per heavy atom. The van der Waals surface area contributed by atoms with Crippen molar-refractivity contribution in [3.8, 4) is 0 Å². The van der Waals surface area contributed by atoms with E-state index < -0.39 is 0 Å². The third-order valence-corrected chi connectivity index (χ3v) is 6.31. The van der Waals surface area contributed by atoms with E-state index in [1.54, 1.807) is 0 Å². The molecule has 1 aromatic rings. The van der Waals surface area contributed by atoms with Crippen LogP contribution in [0.3, 0.4) is 0 Å². The van der Waals surface area contributed by atoms with E-state index in [-0.39, 0.29) is 0 Å². The monoisotopic (exact) mass is 320 g/mol. The molecule has 3 heterocycles. The number of nitrogens with zero attached hydrogens (tertiary/aromatic N) is 2. The highest BCUT2D eigenvalue weighted by atomic mass is 32.1. The maximum atomic E-state index is 12.8. The number of likely N-dealkylation sites (tertiary alicyclic amines) is 2. The second-order valence-electron chi connectivity index (χ2n) is 6.72. The Balaban J connectivity index is 1.65. The fraction of sp³-hybridized carbons (Fsp3) is 0.722. The van der Waals surface area contributed by atoms with Crippen molar-refractivity contribution >= 4 is 17.2 Å². The van der Waals surface area contributed by atoms with Crippen LogP contribution >= 0.6 is 11.3 Å². The molecule has 2 atom stereocenters. The van der Waals surface area contributed by atoms with E-state index in [0.29, 0.717) is 24.5 Å². The summed E-state index contributed by atoms with van der Waals surface area (Å²) >= 11 is 1.89. The van der Waals surface area contributed by atoms with Crippen LogP contribution < -0.4 is 0 Å². The molecule has 2 unspecified atom stereocenters. The lowest BCUT2D eigenvalue weighted by Gasteiger charge is -2.37. The van der Waals surface area contributed by atoms with Crippen LogP contribution in [-0.2, 0) is 4.79 Å². The summed E-state index contributed by atoms with van der Waals surface area (Å²) in [5, 5.41) is 0. The van der Waals surface area contributed by atoms with Gasteiger partial charge in [-0.15, -0.1) is 11.3 Å². The molecule has 2 saturated heterocycles. The number of carbonyl (C=O) groups is 1. The van der Waals surface area contributed by atoms with Crippen LogP contribution in [0.1, 0.15) is 61.2 Å². The molecule has 0 bridgehead atoms. The van der Waals surface area contributed by atoms with Crippen molar-refractivity contribution in [2.45, 2.75) is 64.5 Å². The molecule has 0 N–H and O–H groups in total. The number of rotatable bonds is 4. The Kier molecular flexibility index (Phi) is 5.19. The van der Waals surface area contributed by atoms with Crippen molar-refractivity contribution in [1.82, 2.24) is 9.80 Å². The Hall–Kier alpha value is -0.870. The molecule has 0 aromatic carbocycles. The molecule has 0 saturated carbocycles. The van der Waals surface area contributed by atoms with Gasteiger partial charge in [-0.2, -0.15) is 0 Å². The first-order valence-corrected chi connectivity index (χ1v) is 9.60. The molecule has 122 valence electrons. The Morgan fingerprint density at radius 1 is 1.23 bits per heavy atom.